The molecule has 4 nitrogen and oxygen atoms in total. The number of hydrogen-bond acceptors (Lipinski definition) is 2. The van der Waals surface area contributed by atoms with Crippen molar-refractivity contribution in [2.75, 3.05) is 20.1 Å². The zero-order valence-electron chi connectivity index (χ0n) is 15.9. The first-order chi connectivity index (χ1) is 12.6. The van der Waals surface area contributed by atoms with Crippen LogP contribution >= 0.6 is 0 Å². The molecule has 0 saturated carbocycles. The Hall–Kier alpha value is -2.62. The maximum Gasteiger partial charge on any atom is 0.254 e. The van der Waals surface area contributed by atoms with Crippen molar-refractivity contribution in [3.63, 3.8) is 0 Å². The van der Waals surface area contributed by atoms with E-state index in [9.17, 15) is 9.59 Å². The van der Waals surface area contributed by atoms with Gasteiger partial charge < -0.3 is 9.80 Å². The minimum absolute atomic E-state index is 0.00548. The third-order valence-corrected chi connectivity index (χ3v) is 4.46. The van der Waals surface area contributed by atoms with Gasteiger partial charge in [-0.2, -0.15) is 0 Å². The molecule has 0 spiro atoms. The summed E-state index contributed by atoms with van der Waals surface area (Å²) in [7, 11) is 1.82. The minimum atomic E-state index is -0.0188. The normalized spacial score (nSPS) is 10.4. The molecule has 0 heterocycles. The van der Waals surface area contributed by atoms with E-state index in [0.717, 1.165) is 24.9 Å². The monoisotopic (exact) mass is 352 g/mol. The van der Waals surface area contributed by atoms with Crippen molar-refractivity contribution in [3.8, 4) is 0 Å². The summed E-state index contributed by atoms with van der Waals surface area (Å²) in [6, 6.07) is 16.9. The lowest BCUT2D eigenvalue weighted by Crippen LogP contribution is -2.30. The van der Waals surface area contributed by atoms with Crippen LogP contribution in [0.3, 0.4) is 0 Å². The Bertz CT molecular complexity index is 711. The molecular formula is C22H28N2O2. The van der Waals surface area contributed by atoms with Crippen LogP contribution in [0.1, 0.15) is 53.0 Å². The van der Waals surface area contributed by atoms with Crippen LogP contribution in [-0.2, 0) is 6.54 Å². The van der Waals surface area contributed by atoms with Gasteiger partial charge in [-0.3, -0.25) is 9.59 Å². The van der Waals surface area contributed by atoms with Crippen molar-refractivity contribution >= 4 is 11.8 Å². The van der Waals surface area contributed by atoms with Crippen LogP contribution in [0.15, 0.2) is 54.6 Å². The largest absolute Gasteiger partial charge is 0.342 e. The second kappa shape index (κ2) is 9.76. The average Bonchev–Trinajstić information content (AvgIpc) is 2.70. The fourth-order valence-electron chi connectivity index (χ4n) is 2.79. The molecule has 4 heteroatoms. The van der Waals surface area contributed by atoms with Gasteiger partial charge in [-0.25, -0.2) is 0 Å². The quantitative estimate of drug-likeness (QED) is 0.714. The van der Waals surface area contributed by atoms with E-state index in [4.69, 9.17) is 0 Å². The molecule has 0 radical (unpaired) electrons. The molecule has 0 aliphatic heterocycles. The zero-order chi connectivity index (χ0) is 18.9. The van der Waals surface area contributed by atoms with Crippen LogP contribution < -0.4 is 0 Å². The summed E-state index contributed by atoms with van der Waals surface area (Å²) >= 11 is 0. The van der Waals surface area contributed by atoms with Gasteiger partial charge >= 0.3 is 0 Å². The summed E-state index contributed by atoms with van der Waals surface area (Å²) in [4.78, 5) is 28.7. The van der Waals surface area contributed by atoms with Crippen LogP contribution in [0.2, 0.25) is 0 Å². The van der Waals surface area contributed by atoms with Gasteiger partial charge in [0.1, 0.15) is 0 Å². The third kappa shape index (κ3) is 5.19. The molecule has 26 heavy (non-hydrogen) atoms. The highest BCUT2D eigenvalue weighted by atomic mass is 16.2. The molecule has 0 bridgehead atoms. The fraction of sp³-hybridized carbons (Fsp3) is 0.364. The lowest BCUT2D eigenvalue weighted by atomic mass is 10.1. The van der Waals surface area contributed by atoms with Crippen molar-refractivity contribution in [1.82, 2.24) is 9.80 Å². The van der Waals surface area contributed by atoms with Gasteiger partial charge in [0.25, 0.3) is 11.8 Å². The first kappa shape index (κ1) is 19.7. The maximum absolute atomic E-state index is 12.8. The summed E-state index contributed by atoms with van der Waals surface area (Å²) in [5.41, 5.74) is 2.33. The van der Waals surface area contributed by atoms with Gasteiger partial charge in [-0.1, -0.05) is 43.7 Å². The predicted molar refractivity (Wildman–Crippen MR) is 105 cm³/mol. The predicted octanol–water partition coefficient (Wildman–Crippen LogP) is 4.22. The Morgan fingerprint density at radius 1 is 0.846 bits per heavy atom. The van der Waals surface area contributed by atoms with Crippen LogP contribution in [0, 0.1) is 0 Å². The average molecular weight is 352 g/mol. The molecule has 0 aromatic heterocycles. The van der Waals surface area contributed by atoms with Gasteiger partial charge in [0.2, 0.25) is 0 Å². The number of hydrogen-bond donors (Lipinski definition) is 0. The maximum atomic E-state index is 12.8. The summed E-state index contributed by atoms with van der Waals surface area (Å²) in [5, 5.41) is 0. The topological polar surface area (TPSA) is 40.6 Å². The molecule has 2 aromatic carbocycles. The molecular weight excluding hydrogens is 324 g/mol. The first-order valence-electron chi connectivity index (χ1n) is 9.25. The molecule has 138 valence electrons. The number of carbonyl (C=O) groups is 2. The first-order valence-corrected chi connectivity index (χ1v) is 9.25. The Morgan fingerprint density at radius 3 is 1.96 bits per heavy atom. The minimum Gasteiger partial charge on any atom is -0.342 e. The SMILES string of the molecule is CCCCN(C)C(=O)c1ccc(C(=O)N(CC)Cc2ccccc2)cc1. The van der Waals surface area contributed by atoms with Crippen molar-refractivity contribution in [3.05, 3.63) is 71.3 Å². The van der Waals surface area contributed by atoms with E-state index in [0.29, 0.717) is 24.2 Å². The highest BCUT2D eigenvalue weighted by Crippen LogP contribution is 2.12. The smallest absolute Gasteiger partial charge is 0.254 e. The highest BCUT2D eigenvalue weighted by Gasteiger charge is 2.16. The number of rotatable bonds is 8. The van der Waals surface area contributed by atoms with Gasteiger partial charge in [-0.15, -0.1) is 0 Å². The summed E-state index contributed by atoms with van der Waals surface area (Å²) < 4.78 is 0. The van der Waals surface area contributed by atoms with Crippen molar-refractivity contribution in [2.24, 2.45) is 0 Å². The molecule has 2 rings (SSSR count). The Labute approximate surface area is 156 Å². The van der Waals surface area contributed by atoms with Crippen molar-refractivity contribution in [2.45, 2.75) is 33.2 Å². The second-order valence-corrected chi connectivity index (χ2v) is 6.46. The number of unbranched alkanes of at least 4 members (excludes halogenated alkanes) is 1. The van der Waals surface area contributed by atoms with Crippen LogP contribution in [-0.4, -0.2) is 41.8 Å². The summed E-state index contributed by atoms with van der Waals surface area (Å²) in [6.45, 7) is 6.04. The lowest BCUT2D eigenvalue weighted by molar-refractivity contribution is 0.0749. The van der Waals surface area contributed by atoms with Gasteiger partial charge in [-0.05, 0) is 43.2 Å². The summed E-state index contributed by atoms with van der Waals surface area (Å²) in [6.07, 6.45) is 2.04. The van der Waals surface area contributed by atoms with Gasteiger partial charge in [0.15, 0.2) is 0 Å². The Morgan fingerprint density at radius 2 is 1.42 bits per heavy atom. The fourth-order valence-corrected chi connectivity index (χ4v) is 2.79. The van der Waals surface area contributed by atoms with E-state index in [1.165, 1.54) is 0 Å². The molecule has 2 amide bonds. The molecule has 0 unspecified atom stereocenters. The second-order valence-electron chi connectivity index (χ2n) is 6.46. The standard InChI is InChI=1S/C22H28N2O2/c1-4-6-16-23(3)21(25)19-12-14-20(15-13-19)22(26)24(5-2)17-18-10-8-7-9-11-18/h7-15H,4-6,16-17H2,1-3H3. The van der Waals surface area contributed by atoms with Crippen molar-refractivity contribution < 1.29 is 9.59 Å². The Balaban J connectivity index is 2.06. The van der Waals surface area contributed by atoms with E-state index in [1.807, 2.05) is 44.3 Å². The molecule has 0 atom stereocenters. The van der Waals surface area contributed by atoms with Crippen molar-refractivity contribution in [1.29, 1.82) is 0 Å². The van der Waals surface area contributed by atoms with E-state index in [-0.39, 0.29) is 11.8 Å². The number of amides is 2. The van der Waals surface area contributed by atoms with Gasteiger partial charge in [0.05, 0.1) is 0 Å². The molecule has 0 saturated heterocycles. The Kier molecular flexibility index (Phi) is 7.39. The third-order valence-electron chi connectivity index (χ3n) is 4.46. The van der Waals surface area contributed by atoms with Crippen LogP contribution in [0.4, 0.5) is 0 Å². The van der Waals surface area contributed by atoms with E-state index < -0.39 is 0 Å². The number of benzene rings is 2. The van der Waals surface area contributed by atoms with E-state index >= 15 is 0 Å². The highest BCUT2D eigenvalue weighted by molar-refractivity contribution is 5.97. The lowest BCUT2D eigenvalue weighted by Gasteiger charge is -2.21. The van der Waals surface area contributed by atoms with E-state index in [1.54, 1.807) is 34.1 Å². The zero-order valence-corrected chi connectivity index (χ0v) is 15.9. The molecule has 0 N–H and O–H groups in total. The number of carbonyl (C=O) groups excluding carboxylic acids is 2. The molecule has 0 aliphatic rings. The molecule has 0 fully saturated rings. The van der Waals surface area contributed by atoms with E-state index in [2.05, 4.69) is 6.92 Å². The van der Waals surface area contributed by atoms with Crippen LogP contribution in [0.5, 0.6) is 0 Å². The molecule has 2 aromatic rings. The van der Waals surface area contributed by atoms with Crippen LogP contribution in [0.25, 0.3) is 0 Å². The molecule has 0 aliphatic carbocycles. The number of nitrogens with zero attached hydrogens (tertiary/aromatic N) is 2. The summed E-state index contributed by atoms with van der Waals surface area (Å²) in [5.74, 6) is -0.0243. The van der Waals surface area contributed by atoms with Gasteiger partial charge in [0, 0.05) is 37.8 Å².